The molecule has 4 heteroatoms. The first kappa shape index (κ1) is 14.1. The van der Waals surface area contributed by atoms with E-state index in [-0.39, 0.29) is 0 Å². The highest BCUT2D eigenvalue weighted by Gasteiger charge is 2.15. The SMILES string of the molecule is CC(c1ccccc1Cl)N(C)Cc1sccc1Br. The van der Waals surface area contributed by atoms with Gasteiger partial charge in [-0.15, -0.1) is 11.3 Å². The van der Waals surface area contributed by atoms with Crippen LogP contribution in [0.5, 0.6) is 0 Å². The van der Waals surface area contributed by atoms with E-state index in [1.165, 1.54) is 14.9 Å². The van der Waals surface area contributed by atoms with Crippen molar-refractivity contribution in [3.05, 3.63) is 55.6 Å². The average molecular weight is 345 g/mol. The lowest BCUT2D eigenvalue weighted by Crippen LogP contribution is -2.21. The lowest BCUT2D eigenvalue weighted by Gasteiger charge is -2.25. The van der Waals surface area contributed by atoms with Crippen LogP contribution in [0.1, 0.15) is 23.4 Å². The molecule has 0 saturated carbocycles. The van der Waals surface area contributed by atoms with Crippen LogP contribution in [0.15, 0.2) is 40.2 Å². The zero-order valence-electron chi connectivity index (χ0n) is 10.4. The topological polar surface area (TPSA) is 3.24 Å². The van der Waals surface area contributed by atoms with E-state index in [0.717, 1.165) is 11.6 Å². The maximum absolute atomic E-state index is 6.24. The quantitative estimate of drug-likeness (QED) is 0.722. The molecule has 2 aromatic rings. The third-order valence-corrected chi connectivity index (χ3v) is 5.36. The van der Waals surface area contributed by atoms with Crippen LogP contribution >= 0.6 is 38.9 Å². The third-order valence-electron chi connectivity index (χ3n) is 3.10. The molecule has 1 aromatic heterocycles. The molecule has 0 fully saturated rings. The van der Waals surface area contributed by atoms with Crippen molar-refractivity contribution in [1.82, 2.24) is 4.90 Å². The minimum absolute atomic E-state index is 0.299. The van der Waals surface area contributed by atoms with Crippen molar-refractivity contribution in [3.8, 4) is 0 Å². The highest BCUT2D eigenvalue weighted by atomic mass is 79.9. The van der Waals surface area contributed by atoms with E-state index >= 15 is 0 Å². The molecule has 1 nitrogen and oxygen atoms in total. The van der Waals surface area contributed by atoms with E-state index < -0.39 is 0 Å². The van der Waals surface area contributed by atoms with Gasteiger partial charge in [-0.1, -0.05) is 29.8 Å². The van der Waals surface area contributed by atoms with Gasteiger partial charge >= 0.3 is 0 Å². The monoisotopic (exact) mass is 343 g/mol. The van der Waals surface area contributed by atoms with Gasteiger partial charge in [-0.25, -0.2) is 0 Å². The zero-order chi connectivity index (χ0) is 13.1. The average Bonchev–Trinajstić information content (AvgIpc) is 2.75. The van der Waals surface area contributed by atoms with Crippen LogP contribution in [-0.4, -0.2) is 11.9 Å². The summed E-state index contributed by atoms with van der Waals surface area (Å²) in [5, 5.41) is 2.94. The van der Waals surface area contributed by atoms with Gasteiger partial charge in [0.15, 0.2) is 0 Å². The van der Waals surface area contributed by atoms with E-state index in [1.807, 2.05) is 18.2 Å². The molecule has 1 heterocycles. The molecule has 0 radical (unpaired) electrons. The summed E-state index contributed by atoms with van der Waals surface area (Å²) in [6, 6.07) is 10.4. The van der Waals surface area contributed by atoms with Gasteiger partial charge in [-0.05, 0) is 53.0 Å². The number of hydrogen-bond donors (Lipinski definition) is 0. The molecule has 0 aliphatic rings. The predicted octanol–water partition coefficient (Wildman–Crippen LogP) is 5.36. The first-order valence-electron chi connectivity index (χ1n) is 5.76. The van der Waals surface area contributed by atoms with Gasteiger partial charge in [0.05, 0.1) is 0 Å². The van der Waals surface area contributed by atoms with Gasteiger partial charge in [0, 0.05) is 27.0 Å². The Hall–Kier alpha value is -0.350. The minimum atomic E-state index is 0.299. The minimum Gasteiger partial charge on any atom is -0.294 e. The number of thiophene rings is 1. The van der Waals surface area contributed by atoms with Gasteiger partial charge in [-0.3, -0.25) is 4.90 Å². The molecule has 0 amide bonds. The van der Waals surface area contributed by atoms with Crippen molar-refractivity contribution in [2.75, 3.05) is 7.05 Å². The molecule has 0 saturated heterocycles. The fourth-order valence-corrected chi connectivity index (χ4v) is 3.69. The van der Waals surface area contributed by atoms with Crippen molar-refractivity contribution in [2.45, 2.75) is 19.5 Å². The Balaban J connectivity index is 2.12. The van der Waals surface area contributed by atoms with Gasteiger partial charge in [0.1, 0.15) is 0 Å². The lowest BCUT2D eigenvalue weighted by molar-refractivity contribution is 0.255. The number of rotatable bonds is 4. The second kappa shape index (κ2) is 6.20. The normalized spacial score (nSPS) is 12.9. The molecule has 0 N–H and O–H groups in total. The molecule has 0 bridgehead atoms. The Morgan fingerprint density at radius 1 is 1.33 bits per heavy atom. The second-order valence-corrected chi connectivity index (χ2v) is 6.57. The summed E-state index contributed by atoms with van der Waals surface area (Å²) in [6.07, 6.45) is 0. The van der Waals surface area contributed by atoms with E-state index in [4.69, 9.17) is 11.6 Å². The molecule has 2 rings (SSSR count). The largest absolute Gasteiger partial charge is 0.294 e. The summed E-state index contributed by atoms with van der Waals surface area (Å²) >= 11 is 11.6. The summed E-state index contributed by atoms with van der Waals surface area (Å²) in [4.78, 5) is 3.65. The molecular formula is C14H15BrClNS. The van der Waals surface area contributed by atoms with Crippen LogP contribution in [0.2, 0.25) is 5.02 Å². The van der Waals surface area contributed by atoms with E-state index in [2.05, 4.69) is 52.3 Å². The van der Waals surface area contributed by atoms with Crippen LogP contribution in [0, 0.1) is 0 Å². The highest BCUT2D eigenvalue weighted by Crippen LogP contribution is 2.30. The van der Waals surface area contributed by atoms with Gasteiger partial charge in [0.25, 0.3) is 0 Å². The third kappa shape index (κ3) is 3.15. The molecule has 96 valence electrons. The molecule has 0 aliphatic carbocycles. The Labute approximate surface area is 126 Å². The van der Waals surface area contributed by atoms with E-state index in [9.17, 15) is 0 Å². The summed E-state index contributed by atoms with van der Waals surface area (Å²) in [6.45, 7) is 3.10. The van der Waals surface area contributed by atoms with Crippen molar-refractivity contribution >= 4 is 38.9 Å². The number of benzene rings is 1. The van der Waals surface area contributed by atoms with Crippen LogP contribution < -0.4 is 0 Å². The standard InChI is InChI=1S/C14H15BrClNS/c1-10(11-5-3-4-6-13(11)16)17(2)9-14-12(15)7-8-18-14/h3-8,10H,9H2,1-2H3. The van der Waals surface area contributed by atoms with Crippen LogP contribution in [0.4, 0.5) is 0 Å². The summed E-state index contributed by atoms with van der Waals surface area (Å²) in [7, 11) is 2.13. The molecule has 0 spiro atoms. The van der Waals surface area contributed by atoms with Gasteiger partial charge < -0.3 is 0 Å². The number of hydrogen-bond acceptors (Lipinski definition) is 2. The fraction of sp³-hybridized carbons (Fsp3) is 0.286. The summed E-state index contributed by atoms with van der Waals surface area (Å²) in [5.74, 6) is 0. The molecule has 18 heavy (non-hydrogen) atoms. The van der Waals surface area contributed by atoms with E-state index in [0.29, 0.717) is 6.04 Å². The maximum Gasteiger partial charge on any atom is 0.0453 e. The second-order valence-electron chi connectivity index (χ2n) is 4.30. The van der Waals surface area contributed by atoms with Crippen LogP contribution in [-0.2, 0) is 6.54 Å². The smallest absolute Gasteiger partial charge is 0.0453 e. The van der Waals surface area contributed by atoms with Crippen molar-refractivity contribution in [1.29, 1.82) is 0 Å². The first-order chi connectivity index (χ1) is 8.59. The number of halogens is 2. The van der Waals surface area contributed by atoms with Crippen molar-refractivity contribution in [3.63, 3.8) is 0 Å². The maximum atomic E-state index is 6.24. The Bertz CT molecular complexity index is 526. The molecule has 1 atom stereocenters. The molecule has 1 aromatic carbocycles. The molecule has 1 unspecified atom stereocenters. The van der Waals surface area contributed by atoms with Gasteiger partial charge in [0.2, 0.25) is 0 Å². The van der Waals surface area contributed by atoms with E-state index in [1.54, 1.807) is 11.3 Å². The molecule has 0 aliphatic heterocycles. The number of nitrogens with zero attached hydrogens (tertiary/aromatic N) is 1. The first-order valence-corrected chi connectivity index (χ1v) is 7.81. The fourth-order valence-electron chi connectivity index (χ4n) is 1.85. The molecular weight excluding hydrogens is 330 g/mol. The zero-order valence-corrected chi connectivity index (χ0v) is 13.5. The Morgan fingerprint density at radius 2 is 2.06 bits per heavy atom. The van der Waals surface area contributed by atoms with Crippen LogP contribution in [0.3, 0.4) is 0 Å². The van der Waals surface area contributed by atoms with Crippen molar-refractivity contribution in [2.24, 2.45) is 0 Å². The Kier molecular flexibility index (Phi) is 4.84. The summed E-state index contributed by atoms with van der Waals surface area (Å²) in [5.41, 5.74) is 1.18. The Morgan fingerprint density at radius 3 is 2.67 bits per heavy atom. The predicted molar refractivity (Wildman–Crippen MR) is 83.4 cm³/mol. The highest BCUT2D eigenvalue weighted by molar-refractivity contribution is 9.10. The summed E-state index contributed by atoms with van der Waals surface area (Å²) < 4.78 is 1.19. The lowest BCUT2D eigenvalue weighted by atomic mass is 10.1. The van der Waals surface area contributed by atoms with Gasteiger partial charge in [-0.2, -0.15) is 0 Å². The van der Waals surface area contributed by atoms with Crippen LogP contribution in [0.25, 0.3) is 0 Å². The van der Waals surface area contributed by atoms with Crippen molar-refractivity contribution < 1.29 is 0 Å².